The van der Waals surface area contributed by atoms with Crippen LogP contribution in [0.1, 0.15) is 94.1 Å². The van der Waals surface area contributed by atoms with E-state index in [2.05, 4.69) is 17.6 Å². The highest BCUT2D eigenvalue weighted by molar-refractivity contribution is 5.92. The number of phenolic OH excluding ortho intramolecular Hbond substituents is 2. The Bertz CT molecular complexity index is 2240. The zero-order valence-corrected chi connectivity index (χ0v) is 33.6. The first-order valence-corrected chi connectivity index (χ1v) is 20.0. The van der Waals surface area contributed by atoms with Crippen LogP contribution in [0.3, 0.4) is 0 Å². The molecular weight excluding hydrogens is 741 g/mol. The molecule has 58 heavy (non-hydrogen) atoms. The number of ether oxygens (including phenoxy) is 2. The van der Waals surface area contributed by atoms with E-state index in [0.717, 1.165) is 37.3 Å². The molecule has 0 fully saturated rings. The van der Waals surface area contributed by atoms with Crippen molar-refractivity contribution in [3.63, 3.8) is 0 Å². The fourth-order valence-corrected chi connectivity index (χ4v) is 8.36. The number of nitrogens with two attached hydrogens (primary N) is 2. The average molecular weight is 797 g/mol. The SMILES string of the molecule is C/C=C(/C)C(=O)O[C@@H]1Cc2c(c([C@@H](C3=CCNC(N)=C3)[C@H](CO)c3cccc(O)c3)c3oc(CO)cc(=O)c3c2O)O[C@@]1(C)C[C@@H](CCCCC)C1=CNC(N)C=C1. The molecule has 2 aromatic carbocycles. The number of benzene rings is 2. The summed E-state index contributed by atoms with van der Waals surface area (Å²) in [6.07, 6.45) is 13.9. The van der Waals surface area contributed by atoms with Crippen LogP contribution in [0.15, 0.2) is 98.7 Å². The number of allylic oxidation sites excluding steroid dienone is 5. The van der Waals surface area contributed by atoms with Crippen LogP contribution in [0.5, 0.6) is 17.2 Å². The molecule has 3 aromatic rings. The standard InChI is InChI=1S/C45H56N4O9/c1-5-7-8-10-28(29-13-14-36(46)49-22-29)21-45(4)35(57-44(55)25(3)6-2)20-32-41(54)39-34(53)19-31(23-50)56-43(39)40(42(32)58-45)38(27-15-16-48-37(47)18-27)33(24-51)26-11-9-12-30(52)17-26/h6,9,11-15,17-19,22,28,33,35-36,38,48-52,54H,5,7-8,10,16,20-21,23-24,46-47H2,1-4H3/b25-6-/t28-,33-,35-,36?,38+,45+/m1/s1. The Hall–Kier alpha value is -5.50. The normalized spacial score (nSPS) is 22.0. The summed E-state index contributed by atoms with van der Waals surface area (Å²) >= 11 is 0. The molecule has 0 spiro atoms. The summed E-state index contributed by atoms with van der Waals surface area (Å²) in [5, 5.41) is 50.5. The van der Waals surface area contributed by atoms with Gasteiger partial charge >= 0.3 is 5.97 Å². The van der Waals surface area contributed by atoms with Crippen LogP contribution >= 0.6 is 0 Å². The van der Waals surface area contributed by atoms with Crippen molar-refractivity contribution in [2.75, 3.05) is 13.2 Å². The Morgan fingerprint density at radius 2 is 1.97 bits per heavy atom. The fourth-order valence-electron chi connectivity index (χ4n) is 8.36. The fraction of sp³-hybridized carbons (Fsp3) is 0.422. The molecule has 3 aliphatic rings. The van der Waals surface area contributed by atoms with Gasteiger partial charge in [0, 0.05) is 53.8 Å². The van der Waals surface area contributed by atoms with E-state index in [1.807, 2.05) is 31.4 Å². The number of nitrogens with one attached hydrogen (secondary N) is 2. The van der Waals surface area contributed by atoms with Crippen molar-refractivity contribution in [1.29, 1.82) is 0 Å². The lowest BCUT2D eigenvalue weighted by molar-refractivity contribution is -0.159. The number of dihydropyridines is 2. The number of phenols is 2. The van der Waals surface area contributed by atoms with Crippen LogP contribution in [0.2, 0.25) is 0 Å². The molecule has 0 aliphatic carbocycles. The molecule has 0 amide bonds. The van der Waals surface area contributed by atoms with E-state index in [0.29, 0.717) is 41.1 Å². The number of esters is 1. The highest BCUT2D eigenvalue weighted by Crippen LogP contribution is 2.54. The van der Waals surface area contributed by atoms with Crippen molar-refractivity contribution in [3.05, 3.63) is 122 Å². The topological polar surface area (TPSA) is 223 Å². The van der Waals surface area contributed by atoms with Gasteiger partial charge in [0.25, 0.3) is 0 Å². The van der Waals surface area contributed by atoms with Crippen molar-refractivity contribution in [3.8, 4) is 17.2 Å². The molecule has 1 unspecified atom stereocenters. The number of aromatic hydroxyl groups is 2. The third-order valence-corrected chi connectivity index (χ3v) is 11.6. The van der Waals surface area contributed by atoms with Gasteiger partial charge in [-0.25, -0.2) is 4.79 Å². The van der Waals surface area contributed by atoms with Crippen molar-refractivity contribution in [1.82, 2.24) is 10.6 Å². The maximum Gasteiger partial charge on any atom is 0.333 e. The van der Waals surface area contributed by atoms with Crippen molar-refractivity contribution in [2.24, 2.45) is 17.4 Å². The van der Waals surface area contributed by atoms with Crippen LogP contribution in [-0.2, 0) is 22.6 Å². The highest BCUT2D eigenvalue weighted by Gasteiger charge is 2.49. The van der Waals surface area contributed by atoms with E-state index in [1.54, 1.807) is 44.2 Å². The molecule has 6 rings (SSSR count). The minimum atomic E-state index is -1.24. The highest BCUT2D eigenvalue weighted by atomic mass is 16.6. The summed E-state index contributed by atoms with van der Waals surface area (Å²) in [7, 11) is 0. The summed E-state index contributed by atoms with van der Waals surface area (Å²) in [5.41, 5.74) is 13.8. The van der Waals surface area contributed by atoms with E-state index >= 15 is 0 Å². The first-order valence-electron chi connectivity index (χ1n) is 20.0. The Labute approximate surface area is 338 Å². The van der Waals surface area contributed by atoms with Gasteiger partial charge in [-0.2, -0.15) is 0 Å². The molecule has 4 heterocycles. The van der Waals surface area contributed by atoms with Gasteiger partial charge in [0.1, 0.15) is 52.3 Å². The third-order valence-electron chi connectivity index (χ3n) is 11.6. The summed E-state index contributed by atoms with van der Waals surface area (Å²) < 4.78 is 19.9. The number of unbranched alkanes of at least 4 members (excludes halogenated alkanes) is 2. The van der Waals surface area contributed by atoms with Crippen molar-refractivity contribution < 1.29 is 39.1 Å². The molecule has 310 valence electrons. The second kappa shape index (κ2) is 18.0. The molecule has 10 N–H and O–H groups in total. The third kappa shape index (κ3) is 8.66. The number of hydrogen-bond acceptors (Lipinski definition) is 13. The summed E-state index contributed by atoms with van der Waals surface area (Å²) in [4.78, 5) is 27.6. The van der Waals surface area contributed by atoms with Crippen LogP contribution in [-0.4, -0.2) is 57.4 Å². The van der Waals surface area contributed by atoms with Gasteiger partial charge in [0.2, 0.25) is 0 Å². The van der Waals surface area contributed by atoms with Crippen LogP contribution in [0, 0.1) is 5.92 Å². The molecule has 0 saturated carbocycles. The Balaban J connectivity index is 1.66. The van der Waals surface area contributed by atoms with Crippen molar-refractivity contribution in [2.45, 2.75) is 103 Å². The largest absolute Gasteiger partial charge is 0.508 e. The summed E-state index contributed by atoms with van der Waals surface area (Å²) in [6.45, 7) is 6.75. The Morgan fingerprint density at radius 1 is 1.17 bits per heavy atom. The predicted molar refractivity (Wildman–Crippen MR) is 222 cm³/mol. The Morgan fingerprint density at radius 3 is 2.62 bits per heavy atom. The lowest BCUT2D eigenvalue weighted by Gasteiger charge is -2.45. The number of rotatable bonds is 15. The van der Waals surface area contributed by atoms with Crippen LogP contribution in [0.4, 0.5) is 0 Å². The van der Waals surface area contributed by atoms with E-state index in [1.165, 1.54) is 6.07 Å². The average Bonchev–Trinajstić information content (AvgIpc) is 3.20. The molecule has 3 aliphatic heterocycles. The predicted octanol–water partition coefficient (Wildman–Crippen LogP) is 5.37. The van der Waals surface area contributed by atoms with Crippen LogP contribution in [0.25, 0.3) is 11.0 Å². The number of aliphatic hydroxyl groups is 2. The zero-order chi connectivity index (χ0) is 41.7. The lowest BCUT2D eigenvalue weighted by atomic mass is 9.73. The summed E-state index contributed by atoms with van der Waals surface area (Å²) in [6, 6.07) is 7.67. The first-order chi connectivity index (χ1) is 27.8. The number of hydrogen-bond donors (Lipinski definition) is 8. The smallest absolute Gasteiger partial charge is 0.333 e. The minimum Gasteiger partial charge on any atom is -0.508 e. The molecule has 1 aromatic heterocycles. The molecular formula is C45H56N4O9. The van der Waals surface area contributed by atoms with Gasteiger partial charge in [0.15, 0.2) is 5.43 Å². The second-order valence-corrected chi connectivity index (χ2v) is 15.6. The van der Waals surface area contributed by atoms with Gasteiger partial charge in [-0.3, -0.25) is 4.79 Å². The molecule has 0 saturated heterocycles. The maximum absolute atomic E-state index is 14.0. The zero-order valence-electron chi connectivity index (χ0n) is 33.6. The van der Waals surface area contributed by atoms with E-state index < -0.39 is 53.9 Å². The quantitative estimate of drug-likeness (QED) is 0.0551. The minimum absolute atomic E-state index is 0.0173. The number of aliphatic hydroxyl groups excluding tert-OH is 2. The summed E-state index contributed by atoms with van der Waals surface area (Å²) in [5.74, 6) is -2.19. The molecule has 13 nitrogen and oxygen atoms in total. The second-order valence-electron chi connectivity index (χ2n) is 15.6. The van der Waals surface area contributed by atoms with Gasteiger partial charge < -0.3 is 56.4 Å². The maximum atomic E-state index is 14.0. The van der Waals surface area contributed by atoms with Gasteiger partial charge in [-0.1, -0.05) is 56.5 Å². The number of fused-ring (bicyclic) bond motifs is 2. The van der Waals surface area contributed by atoms with E-state index in [4.69, 9.17) is 25.4 Å². The first kappa shape index (κ1) is 42.1. The Kier molecular flexibility index (Phi) is 13.0. The van der Waals surface area contributed by atoms with Gasteiger partial charge in [-0.05, 0) is 80.5 Å². The van der Waals surface area contributed by atoms with Crippen molar-refractivity contribution >= 4 is 16.9 Å². The monoisotopic (exact) mass is 796 g/mol. The van der Waals surface area contributed by atoms with Gasteiger partial charge in [0.05, 0.1) is 18.6 Å². The van der Waals surface area contributed by atoms with E-state index in [9.17, 15) is 30.0 Å². The lowest BCUT2D eigenvalue weighted by Crippen LogP contribution is -2.53. The molecule has 0 bridgehead atoms. The van der Waals surface area contributed by atoms with Crippen LogP contribution < -0.4 is 32.3 Å². The van der Waals surface area contributed by atoms with E-state index in [-0.39, 0.29) is 52.3 Å². The molecule has 0 radical (unpaired) electrons. The number of carbonyl (C=O) groups excluding carboxylic acids is 1. The van der Waals surface area contributed by atoms with Gasteiger partial charge in [-0.15, -0.1) is 0 Å². The molecule has 6 atom stereocenters. The number of carbonyl (C=O) groups is 1. The molecule has 13 heteroatoms.